The largest absolute Gasteiger partial charge is 0.478 e. The highest BCUT2D eigenvalue weighted by atomic mass is 19.1. The Morgan fingerprint density at radius 3 is 1.59 bits per heavy atom. The Morgan fingerprint density at radius 1 is 0.667 bits per heavy atom. The van der Waals surface area contributed by atoms with Gasteiger partial charge < -0.3 is 9.84 Å². The van der Waals surface area contributed by atoms with E-state index in [1.807, 2.05) is 55.2 Å². The minimum absolute atomic E-state index is 0.231. The average Bonchev–Trinajstić information content (AvgIpc) is 3.87. The van der Waals surface area contributed by atoms with Crippen LogP contribution in [-0.4, -0.2) is 67.1 Å². The van der Waals surface area contributed by atoms with E-state index in [4.69, 9.17) is 9.84 Å². The molecule has 2 aliphatic rings. The number of halogens is 2. The van der Waals surface area contributed by atoms with E-state index in [1.54, 1.807) is 60.1 Å². The first kappa shape index (κ1) is 36.4. The third kappa shape index (κ3) is 7.57. The van der Waals surface area contributed by atoms with Crippen LogP contribution in [0.1, 0.15) is 61.3 Å². The number of aromatic nitrogens is 4. The number of esters is 1. The number of fused-ring (bicyclic) bond motifs is 2. The van der Waals surface area contributed by atoms with Gasteiger partial charge in [-0.05, 0) is 80.7 Å². The number of benzene rings is 4. The molecule has 2 aromatic heterocycles. The van der Waals surface area contributed by atoms with Gasteiger partial charge in [-0.2, -0.15) is 10.2 Å². The molecule has 4 aromatic carbocycles. The van der Waals surface area contributed by atoms with E-state index in [2.05, 4.69) is 14.9 Å². The second-order valence-electron chi connectivity index (χ2n) is 13.6. The Hall–Kier alpha value is -5.98. The molecule has 1 N–H and O–H groups in total. The van der Waals surface area contributed by atoms with Crippen LogP contribution in [0, 0.1) is 11.6 Å². The highest BCUT2D eigenvalue weighted by Crippen LogP contribution is 2.35. The number of ether oxygens (including phenoxy) is 1. The second kappa shape index (κ2) is 15.6. The molecule has 0 atom stereocenters. The molecule has 2 aliphatic heterocycles. The van der Waals surface area contributed by atoms with Crippen molar-refractivity contribution in [2.45, 2.75) is 46.2 Å². The molecule has 0 fully saturated rings. The van der Waals surface area contributed by atoms with Gasteiger partial charge in [0.25, 0.3) is 0 Å². The number of nitrogens with zero attached hydrogens (tertiary/aromatic N) is 6. The number of hydrogen-bond acceptors (Lipinski definition) is 7. The lowest BCUT2D eigenvalue weighted by atomic mass is 10.1. The van der Waals surface area contributed by atoms with Gasteiger partial charge >= 0.3 is 11.9 Å². The molecule has 12 heteroatoms. The third-order valence-corrected chi connectivity index (χ3v) is 9.50. The summed E-state index contributed by atoms with van der Waals surface area (Å²) in [6.45, 7) is 5.88. The van der Waals surface area contributed by atoms with Crippen molar-refractivity contribution in [3.05, 3.63) is 153 Å². The lowest BCUT2D eigenvalue weighted by Gasteiger charge is -2.13. The van der Waals surface area contributed by atoms with Crippen LogP contribution in [-0.2, 0) is 44.0 Å². The van der Waals surface area contributed by atoms with Crippen LogP contribution in [0.2, 0.25) is 0 Å². The number of hydrogen-bond donors (Lipinski definition) is 1. The van der Waals surface area contributed by atoms with Gasteiger partial charge in [-0.1, -0.05) is 48.5 Å². The zero-order chi connectivity index (χ0) is 37.9. The van der Waals surface area contributed by atoms with Gasteiger partial charge in [0.1, 0.15) is 11.6 Å². The molecule has 276 valence electrons. The third-order valence-electron chi connectivity index (χ3n) is 9.50. The first-order valence-electron chi connectivity index (χ1n) is 17.7. The van der Waals surface area contributed by atoms with Crippen LogP contribution in [0.5, 0.6) is 0 Å². The van der Waals surface area contributed by atoms with Crippen molar-refractivity contribution in [1.29, 1.82) is 0 Å². The number of aromatic carboxylic acids is 1. The van der Waals surface area contributed by atoms with Crippen LogP contribution < -0.4 is 0 Å². The fourth-order valence-electron chi connectivity index (χ4n) is 7.14. The number of carbonyl (C=O) groups excluding carboxylic acids is 1. The van der Waals surface area contributed by atoms with Crippen molar-refractivity contribution in [3.8, 4) is 22.5 Å². The molecule has 0 saturated heterocycles. The van der Waals surface area contributed by atoms with Gasteiger partial charge in [0.2, 0.25) is 0 Å². The summed E-state index contributed by atoms with van der Waals surface area (Å²) in [5.41, 5.74) is 9.13. The number of carboxylic acid groups (broad SMARTS) is 1. The molecule has 0 bridgehead atoms. The molecule has 0 aliphatic carbocycles. The van der Waals surface area contributed by atoms with E-state index >= 15 is 0 Å². The first-order valence-corrected chi connectivity index (χ1v) is 17.7. The number of rotatable bonds is 9. The summed E-state index contributed by atoms with van der Waals surface area (Å²) in [7, 11) is 4.04. The Kier molecular flexibility index (Phi) is 10.5. The molecule has 0 saturated carbocycles. The Labute approximate surface area is 311 Å². The summed E-state index contributed by atoms with van der Waals surface area (Å²) in [6.07, 6.45) is 0. The average molecular weight is 731 g/mol. The lowest BCUT2D eigenvalue weighted by Crippen LogP contribution is -2.13. The fourth-order valence-corrected chi connectivity index (χ4v) is 7.14. The summed E-state index contributed by atoms with van der Waals surface area (Å²) in [5, 5.41) is 18.6. The molecular weight excluding hydrogens is 690 g/mol. The van der Waals surface area contributed by atoms with Gasteiger partial charge in [0, 0.05) is 48.4 Å². The standard InChI is InChI=1S/C22H22FN3O2.C20H18FN3O2/c1-3-28-22(27)16-8-6-7-15(11-16)12-26-21(17-9-4-5-10-19(17)23)18-13-25(2)14-20(18)24-26;1-23-11-16-18(12-23)22-24(19(16)15-7-2-3-8-17(15)21)10-13-5-4-6-14(9-13)20(25)26/h4-11H,3,12-14H2,1-2H3;2-9H,10-12H2,1H3,(H,25,26). The summed E-state index contributed by atoms with van der Waals surface area (Å²) < 4.78 is 37.8. The van der Waals surface area contributed by atoms with Crippen molar-refractivity contribution in [2.75, 3.05) is 20.7 Å². The van der Waals surface area contributed by atoms with Gasteiger partial charge in [-0.25, -0.2) is 18.4 Å². The SMILES string of the molecule is CCOC(=O)c1cccc(Cn2nc3c(c2-c2ccccc2F)CN(C)C3)c1.CN1Cc2nn(Cc3cccc(C(=O)O)c3)c(-c3ccccc3F)c2C1. The van der Waals surface area contributed by atoms with Crippen LogP contribution in [0.15, 0.2) is 97.1 Å². The van der Waals surface area contributed by atoms with E-state index in [9.17, 15) is 23.5 Å². The van der Waals surface area contributed by atoms with Crippen molar-refractivity contribution in [3.63, 3.8) is 0 Å². The Bertz CT molecular complexity index is 2350. The number of carbonyl (C=O) groups is 2. The monoisotopic (exact) mass is 730 g/mol. The maximum absolute atomic E-state index is 14.6. The van der Waals surface area contributed by atoms with Crippen molar-refractivity contribution < 1.29 is 28.2 Å². The minimum Gasteiger partial charge on any atom is -0.478 e. The highest BCUT2D eigenvalue weighted by molar-refractivity contribution is 5.89. The van der Waals surface area contributed by atoms with E-state index in [0.717, 1.165) is 64.7 Å². The minimum atomic E-state index is -0.967. The maximum atomic E-state index is 14.6. The molecule has 10 nitrogen and oxygen atoms in total. The highest BCUT2D eigenvalue weighted by Gasteiger charge is 2.29. The summed E-state index contributed by atoms with van der Waals surface area (Å²) in [4.78, 5) is 27.5. The molecule has 4 heterocycles. The van der Waals surface area contributed by atoms with Crippen molar-refractivity contribution in [2.24, 2.45) is 0 Å². The van der Waals surface area contributed by atoms with Crippen LogP contribution in [0.3, 0.4) is 0 Å². The van der Waals surface area contributed by atoms with Crippen LogP contribution in [0.25, 0.3) is 22.5 Å². The predicted octanol–water partition coefficient (Wildman–Crippen LogP) is 7.24. The van der Waals surface area contributed by atoms with E-state index in [1.165, 1.54) is 12.1 Å². The van der Waals surface area contributed by atoms with E-state index in [-0.39, 0.29) is 23.2 Å². The summed E-state index contributed by atoms with van der Waals surface area (Å²) in [5.74, 6) is -1.86. The molecule has 0 spiro atoms. The molecular formula is C42H40F2N6O4. The van der Waals surface area contributed by atoms with Gasteiger partial charge in [0.05, 0.1) is 53.6 Å². The number of carboxylic acids is 1. The van der Waals surface area contributed by atoms with Crippen molar-refractivity contribution >= 4 is 11.9 Å². The normalized spacial score (nSPS) is 13.6. The molecule has 0 amide bonds. The van der Waals surface area contributed by atoms with Gasteiger partial charge in [-0.15, -0.1) is 0 Å². The zero-order valence-electron chi connectivity index (χ0n) is 30.3. The van der Waals surface area contributed by atoms with Gasteiger partial charge in [0.15, 0.2) is 0 Å². The maximum Gasteiger partial charge on any atom is 0.338 e. The molecule has 8 rings (SSSR count). The first-order chi connectivity index (χ1) is 26.1. The van der Waals surface area contributed by atoms with E-state index < -0.39 is 5.97 Å². The van der Waals surface area contributed by atoms with E-state index in [0.29, 0.717) is 42.9 Å². The molecule has 6 aromatic rings. The molecule has 54 heavy (non-hydrogen) atoms. The quantitative estimate of drug-likeness (QED) is 0.155. The molecule has 0 unspecified atom stereocenters. The summed E-state index contributed by atoms with van der Waals surface area (Å²) in [6, 6.07) is 27.5. The van der Waals surface area contributed by atoms with Crippen molar-refractivity contribution in [1.82, 2.24) is 29.4 Å². The van der Waals surface area contributed by atoms with Gasteiger partial charge in [-0.3, -0.25) is 19.2 Å². The smallest absolute Gasteiger partial charge is 0.338 e. The topological polar surface area (TPSA) is 106 Å². The lowest BCUT2D eigenvalue weighted by molar-refractivity contribution is 0.0525. The fraction of sp³-hybridized carbons (Fsp3) is 0.238. The Morgan fingerprint density at radius 2 is 1.13 bits per heavy atom. The Balaban J connectivity index is 0.000000167. The zero-order valence-corrected chi connectivity index (χ0v) is 30.3. The summed E-state index contributed by atoms with van der Waals surface area (Å²) >= 11 is 0. The molecule has 0 radical (unpaired) electrons. The van der Waals surface area contributed by atoms with Crippen LogP contribution >= 0.6 is 0 Å². The predicted molar refractivity (Wildman–Crippen MR) is 200 cm³/mol. The second-order valence-corrected chi connectivity index (χ2v) is 13.6. The van der Waals surface area contributed by atoms with Crippen LogP contribution in [0.4, 0.5) is 8.78 Å².